The van der Waals surface area contributed by atoms with E-state index in [4.69, 9.17) is 15.9 Å². The van der Waals surface area contributed by atoms with Crippen LogP contribution in [0.2, 0.25) is 0 Å². The van der Waals surface area contributed by atoms with Crippen molar-refractivity contribution in [2.75, 3.05) is 22.9 Å². The molecule has 2 saturated heterocycles. The first kappa shape index (κ1) is 24.7. The predicted molar refractivity (Wildman–Crippen MR) is 142 cm³/mol. The number of benzene rings is 2. The number of hydrogen-bond donors (Lipinski definition) is 2. The molecular weight excluding hydrogens is 470 g/mol. The number of primary amides is 1. The van der Waals surface area contributed by atoms with Gasteiger partial charge in [0.15, 0.2) is 0 Å². The van der Waals surface area contributed by atoms with Crippen LogP contribution in [-0.2, 0) is 20.8 Å². The number of ether oxygens (including phenoxy) is 1. The van der Waals surface area contributed by atoms with Crippen molar-refractivity contribution in [3.63, 3.8) is 0 Å². The lowest BCUT2D eigenvalue weighted by molar-refractivity contribution is -0.119. The quantitative estimate of drug-likeness (QED) is 0.607. The first-order chi connectivity index (χ1) is 17.6. The molecular formula is C28H31N5O4. The molecule has 3 N–H and O–H groups in total. The van der Waals surface area contributed by atoms with E-state index in [0.29, 0.717) is 43.7 Å². The highest BCUT2D eigenvalue weighted by atomic mass is 16.5. The van der Waals surface area contributed by atoms with Crippen LogP contribution in [0.5, 0.6) is 5.75 Å². The van der Waals surface area contributed by atoms with Gasteiger partial charge in [-0.2, -0.15) is 0 Å². The number of carbonyl (C=O) groups excluding carboxylic acids is 3. The molecule has 0 radical (unpaired) electrons. The zero-order valence-corrected chi connectivity index (χ0v) is 21.1. The molecule has 3 heterocycles. The van der Waals surface area contributed by atoms with Crippen LogP contribution in [0.25, 0.3) is 0 Å². The number of anilines is 2. The van der Waals surface area contributed by atoms with Gasteiger partial charge in [0.2, 0.25) is 5.91 Å². The average molecular weight is 502 g/mol. The fraction of sp³-hybridized carbons (Fsp3) is 0.393. The Bertz CT molecular complexity index is 1310. The molecule has 9 nitrogen and oxygen atoms in total. The number of rotatable bonds is 5. The fourth-order valence-corrected chi connectivity index (χ4v) is 5.30. The fourth-order valence-electron chi connectivity index (χ4n) is 5.30. The number of nitrogens with two attached hydrogens (primary N) is 1. The predicted octanol–water partition coefficient (Wildman–Crippen LogP) is 3.55. The minimum Gasteiger partial charge on any atom is -0.487 e. The van der Waals surface area contributed by atoms with Crippen LogP contribution in [0.4, 0.5) is 17.1 Å². The van der Waals surface area contributed by atoms with Crippen molar-refractivity contribution in [3.8, 4) is 5.75 Å². The highest BCUT2D eigenvalue weighted by Gasteiger charge is 2.38. The second-order valence-corrected chi connectivity index (χ2v) is 10.4. The SMILES string of the molecule is CC1(C)Cc2cc(N=C3C(=O)N(c4ccc(N5CCCCC5=O)cc4)CCC3C(=N)C(N)=O)ccc2O1. The molecule has 1 unspecified atom stereocenters. The van der Waals surface area contributed by atoms with Crippen molar-refractivity contribution in [2.24, 2.45) is 16.6 Å². The molecule has 0 spiro atoms. The lowest BCUT2D eigenvalue weighted by atomic mass is 9.88. The van der Waals surface area contributed by atoms with Crippen LogP contribution in [0, 0.1) is 11.3 Å². The Balaban J connectivity index is 1.45. The Labute approximate surface area is 215 Å². The van der Waals surface area contributed by atoms with E-state index in [0.717, 1.165) is 29.8 Å². The summed E-state index contributed by atoms with van der Waals surface area (Å²) in [6.07, 6.45) is 3.49. The number of aliphatic imine (C=N–C) groups is 1. The van der Waals surface area contributed by atoms with Crippen LogP contribution in [0.1, 0.15) is 45.1 Å². The Morgan fingerprint density at radius 3 is 2.43 bits per heavy atom. The molecule has 1 atom stereocenters. The molecule has 3 aliphatic rings. The summed E-state index contributed by atoms with van der Waals surface area (Å²) in [5.41, 5.74) is 7.94. The number of fused-ring (bicyclic) bond motifs is 1. The Morgan fingerprint density at radius 1 is 1.05 bits per heavy atom. The Kier molecular flexibility index (Phi) is 6.31. The largest absolute Gasteiger partial charge is 0.487 e. The van der Waals surface area contributed by atoms with Crippen LogP contribution >= 0.6 is 0 Å². The molecule has 192 valence electrons. The van der Waals surface area contributed by atoms with E-state index in [9.17, 15) is 14.4 Å². The van der Waals surface area contributed by atoms with Gasteiger partial charge >= 0.3 is 0 Å². The van der Waals surface area contributed by atoms with Crippen LogP contribution in [0.15, 0.2) is 47.5 Å². The number of piperidine rings is 2. The van der Waals surface area contributed by atoms with E-state index in [1.807, 2.05) is 50.2 Å². The van der Waals surface area contributed by atoms with Crippen molar-refractivity contribution in [3.05, 3.63) is 48.0 Å². The maximum Gasteiger partial charge on any atom is 0.273 e. The van der Waals surface area contributed by atoms with Gasteiger partial charge in [-0.15, -0.1) is 0 Å². The minimum atomic E-state index is -0.862. The summed E-state index contributed by atoms with van der Waals surface area (Å²) >= 11 is 0. The second-order valence-electron chi connectivity index (χ2n) is 10.4. The van der Waals surface area contributed by atoms with Crippen LogP contribution < -0.4 is 20.3 Å². The Hall–Kier alpha value is -4.01. The maximum atomic E-state index is 13.7. The molecule has 2 aromatic rings. The number of nitrogens with one attached hydrogen (secondary N) is 1. The standard InChI is InChI=1S/C28H31N5O4/c1-28(2)16-17-15-18(6-11-22(17)37-28)31-25-21(24(29)26(30)35)12-14-33(27(25)36)20-9-7-19(8-10-20)32-13-4-3-5-23(32)34/h6-11,15,21,29H,3-5,12-14,16H2,1-2H3,(H2,30,35). The van der Waals surface area contributed by atoms with Gasteiger partial charge in [-0.05, 0) is 75.6 Å². The third-order valence-electron chi connectivity index (χ3n) is 7.14. The molecule has 0 aliphatic carbocycles. The van der Waals surface area contributed by atoms with Crippen molar-refractivity contribution < 1.29 is 19.1 Å². The molecule has 5 rings (SSSR count). The summed E-state index contributed by atoms with van der Waals surface area (Å²) in [5, 5.41) is 8.25. The summed E-state index contributed by atoms with van der Waals surface area (Å²) in [4.78, 5) is 45.9. The normalized spacial score (nSPS) is 22.1. The summed E-state index contributed by atoms with van der Waals surface area (Å²) < 4.78 is 5.94. The van der Waals surface area contributed by atoms with E-state index in [-0.39, 0.29) is 28.8 Å². The topological polar surface area (TPSA) is 129 Å². The van der Waals surface area contributed by atoms with E-state index < -0.39 is 11.8 Å². The number of amides is 3. The van der Waals surface area contributed by atoms with E-state index in [1.54, 1.807) is 15.9 Å². The van der Waals surface area contributed by atoms with Gasteiger partial charge in [-0.1, -0.05) is 0 Å². The third-order valence-corrected chi connectivity index (χ3v) is 7.14. The summed E-state index contributed by atoms with van der Waals surface area (Å²) in [6.45, 7) is 5.03. The summed E-state index contributed by atoms with van der Waals surface area (Å²) in [6, 6.07) is 12.8. The number of nitrogens with zero attached hydrogens (tertiary/aromatic N) is 3. The van der Waals surface area contributed by atoms with Gasteiger partial charge in [0, 0.05) is 42.9 Å². The number of hydrogen-bond acceptors (Lipinski definition) is 6. The molecule has 2 aromatic carbocycles. The molecule has 3 amide bonds. The molecule has 0 bridgehead atoms. The highest BCUT2D eigenvalue weighted by Crippen LogP contribution is 2.37. The smallest absolute Gasteiger partial charge is 0.273 e. The van der Waals surface area contributed by atoms with Gasteiger partial charge in [0.1, 0.15) is 22.8 Å². The first-order valence-electron chi connectivity index (χ1n) is 12.6. The minimum absolute atomic E-state index is 0.110. The van der Waals surface area contributed by atoms with Gasteiger partial charge in [-0.3, -0.25) is 19.8 Å². The van der Waals surface area contributed by atoms with Gasteiger partial charge in [0.25, 0.3) is 11.8 Å². The zero-order valence-electron chi connectivity index (χ0n) is 21.1. The van der Waals surface area contributed by atoms with Crippen molar-refractivity contribution in [2.45, 2.75) is 51.6 Å². The third kappa shape index (κ3) is 4.85. The second kappa shape index (κ2) is 9.46. The van der Waals surface area contributed by atoms with E-state index in [1.165, 1.54) is 0 Å². The van der Waals surface area contributed by atoms with Crippen molar-refractivity contribution in [1.29, 1.82) is 5.41 Å². The molecule has 9 heteroatoms. The Morgan fingerprint density at radius 2 is 1.76 bits per heavy atom. The van der Waals surface area contributed by atoms with Crippen molar-refractivity contribution >= 4 is 46.2 Å². The van der Waals surface area contributed by atoms with Gasteiger partial charge < -0.3 is 20.3 Å². The molecule has 2 fully saturated rings. The maximum absolute atomic E-state index is 13.7. The van der Waals surface area contributed by atoms with Crippen molar-refractivity contribution in [1.82, 2.24) is 0 Å². The lowest BCUT2D eigenvalue weighted by Crippen LogP contribution is -2.50. The molecule has 37 heavy (non-hydrogen) atoms. The zero-order chi connectivity index (χ0) is 26.3. The van der Waals surface area contributed by atoms with Crippen LogP contribution in [-0.4, -0.2) is 47.8 Å². The average Bonchev–Trinajstić information content (AvgIpc) is 3.18. The summed E-state index contributed by atoms with van der Waals surface area (Å²) in [5.74, 6) is -1.12. The van der Waals surface area contributed by atoms with E-state index >= 15 is 0 Å². The van der Waals surface area contributed by atoms with Gasteiger partial charge in [0.05, 0.1) is 11.6 Å². The first-order valence-corrected chi connectivity index (χ1v) is 12.6. The lowest BCUT2D eigenvalue weighted by Gasteiger charge is -2.33. The highest BCUT2D eigenvalue weighted by molar-refractivity contribution is 6.54. The molecule has 0 saturated carbocycles. The van der Waals surface area contributed by atoms with Gasteiger partial charge in [-0.25, -0.2) is 4.99 Å². The van der Waals surface area contributed by atoms with E-state index in [2.05, 4.69) is 4.99 Å². The summed E-state index contributed by atoms with van der Waals surface area (Å²) in [7, 11) is 0. The number of carbonyl (C=O) groups is 3. The monoisotopic (exact) mass is 501 g/mol. The van der Waals surface area contributed by atoms with Crippen LogP contribution in [0.3, 0.4) is 0 Å². The molecule has 0 aromatic heterocycles. The molecule has 3 aliphatic heterocycles.